The molecule has 338 valence electrons. The Labute approximate surface area is 365 Å². The molecule has 4 aromatic rings. The Bertz CT molecular complexity index is 2480. The van der Waals surface area contributed by atoms with Gasteiger partial charge in [-0.15, -0.1) is 0 Å². The van der Waals surface area contributed by atoms with Crippen LogP contribution >= 0.6 is 0 Å². The maximum atomic E-state index is 12.9. The van der Waals surface area contributed by atoms with Gasteiger partial charge in [0.1, 0.15) is 23.1 Å². The molecule has 19 nitrogen and oxygen atoms in total. The Morgan fingerprint density at radius 3 is 1.58 bits per heavy atom. The third-order valence-corrected chi connectivity index (χ3v) is 13.7. The molecule has 1 atom stereocenters. The van der Waals surface area contributed by atoms with Gasteiger partial charge in [-0.05, 0) is 63.8 Å². The van der Waals surface area contributed by atoms with Crippen LogP contribution in [-0.2, 0) is 30.8 Å². The van der Waals surface area contributed by atoms with E-state index in [1.807, 2.05) is 26.0 Å². The molecule has 1 unspecified atom stereocenters. The molecular weight excluding hydrogens is 861 g/mol. The second-order valence-corrected chi connectivity index (χ2v) is 20.3. The Morgan fingerprint density at radius 2 is 1.18 bits per heavy atom. The smallest absolute Gasteiger partial charge is 0.224 e. The van der Waals surface area contributed by atoms with E-state index in [1.165, 1.54) is 47.7 Å². The summed E-state index contributed by atoms with van der Waals surface area (Å²) in [6.45, 7) is 7.57. The summed E-state index contributed by atoms with van der Waals surface area (Å²) in [5.74, 6) is 1.07. The average Bonchev–Trinajstić information content (AvgIpc) is 3.23. The molecule has 62 heavy (non-hydrogen) atoms. The number of ether oxygens (including phenoxy) is 2. The van der Waals surface area contributed by atoms with Crippen LogP contribution in [-0.4, -0.2) is 132 Å². The molecule has 22 heteroatoms. The zero-order valence-corrected chi connectivity index (χ0v) is 38.4. The fraction of sp³-hybridized carbons (Fsp3) is 0.450. The molecule has 7 N–H and O–H groups in total. The van der Waals surface area contributed by atoms with E-state index in [0.29, 0.717) is 73.3 Å². The van der Waals surface area contributed by atoms with E-state index >= 15 is 0 Å². The van der Waals surface area contributed by atoms with Gasteiger partial charge in [0.15, 0.2) is 0 Å². The molecule has 2 aliphatic rings. The number of benzene rings is 2. The Balaban J connectivity index is 0.000000225. The van der Waals surface area contributed by atoms with E-state index in [-0.39, 0.29) is 51.6 Å². The fourth-order valence-corrected chi connectivity index (χ4v) is 8.82. The first-order valence-electron chi connectivity index (χ1n) is 19.6. The second kappa shape index (κ2) is 21.8. The van der Waals surface area contributed by atoms with Crippen molar-refractivity contribution < 1.29 is 40.1 Å². The van der Waals surface area contributed by atoms with Crippen molar-refractivity contribution in [1.82, 2.24) is 28.5 Å². The minimum atomic E-state index is -3.17. The Kier molecular flexibility index (Phi) is 17.4. The van der Waals surface area contributed by atoms with E-state index < -0.39 is 30.8 Å². The summed E-state index contributed by atoms with van der Waals surface area (Å²) < 4.78 is 70.3. The zero-order chi connectivity index (χ0) is 45.9. The predicted molar refractivity (Wildman–Crippen MR) is 239 cm³/mol. The van der Waals surface area contributed by atoms with Crippen LogP contribution in [0.3, 0.4) is 0 Å². The molecule has 0 radical (unpaired) electrons. The van der Waals surface area contributed by atoms with Crippen molar-refractivity contribution in [3.63, 3.8) is 0 Å². The number of carbonyl (C=O) groups excluding carboxylic acids is 2. The lowest BCUT2D eigenvalue weighted by Gasteiger charge is -2.30. The van der Waals surface area contributed by atoms with Crippen molar-refractivity contribution in [2.24, 2.45) is 5.73 Å². The summed E-state index contributed by atoms with van der Waals surface area (Å²) in [4.78, 5) is 41.9. The largest absolute Gasteiger partial charge is 0.496 e. The topological polar surface area (TPSA) is 286 Å². The molecular formula is C40H56N10O9S3. The molecule has 2 aliphatic heterocycles. The summed E-state index contributed by atoms with van der Waals surface area (Å²) >= 11 is 0. The number of anilines is 3. The first-order chi connectivity index (χ1) is 29.2. The lowest BCUT2D eigenvalue weighted by molar-refractivity contribution is 0.102. The third-order valence-electron chi connectivity index (χ3n) is 9.99. The van der Waals surface area contributed by atoms with Crippen LogP contribution in [0, 0.1) is 13.8 Å². The van der Waals surface area contributed by atoms with Crippen molar-refractivity contribution in [3.8, 4) is 11.5 Å². The van der Waals surface area contributed by atoms with Crippen LogP contribution in [0.5, 0.6) is 11.5 Å². The first kappa shape index (κ1) is 49.5. The molecule has 4 heterocycles. The van der Waals surface area contributed by atoms with Gasteiger partial charge in [-0.25, -0.2) is 40.4 Å². The molecule has 2 aromatic heterocycles. The number of ketones is 2. The second-order valence-electron chi connectivity index (χ2n) is 14.7. The van der Waals surface area contributed by atoms with Crippen LogP contribution in [0.25, 0.3) is 0 Å². The summed E-state index contributed by atoms with van der Waals surface area (Å²) in [5, 5.41) is 3.30. The van der Waals surface area contributed by atoms with Gasteiger partial charge < -0.3 is 32.0 Å². The molecule has 0 bridgehead atoms. The third kappa shape index (κ3) is 13.4. The molecule has 2 fully saturated rings. The molecule has 0 amide bonds. The molecule has 0 aliphatic carbocycles. The van der Waals surface area contributed by atoms with Gasteiger partial charge >= 0.3 is 0 Å². The monoisotopic (exact) mass is 916 g/mol. The van der Waals surface area contributed by atoms with E-state index in [4.69, 9.17) is 26.7 Å². The molecule has 0 saturated carbocycles. The number of hydrogen-bond acceptors (Lipinski definition) is 17. The number of nitrogens with two attached hydrogens (primary N) is 3. The highest BCUT2D eigenvalue weighted by Gasteiger charge is 2.27. The number of methoxy groups -OCH3 is 2. The number of sulfonamides is 2. The van der Waals surface area contributed by atoms with E-state index in [2.05, 4.69) is 25.3 Å². The van der Waals surface area contributed by atoms with Crippen LogP contribution < -0.4 is 32.0 Å². The van der Waals surface area contributed by atoms with Crippen molar-refractivity contribution in [1.29, 1.82) is 0 Å². The normalized spacial score (nSPS) is 15.9. The zero-order valence-electron chi connectivity index (χ0n) is 36.0. The number of piperidine rings is 2. The van der Waals surface area contributed by atoms with E-state index in [0.717, 1.165) is 24.0 Å². The van der Waals surface area contributed by atoms with E-state index in [9.17, 15) is 30.6 Å². The SMILES string of the molecule is CCS(=O)c1ncc(C(=O)c2cc(C)ccc2OC)c(N)n1.COc1ccc(C)cc1C(=O)c1cnc(NC2CCN(S(C)(=O)=O)CC2)nc1N.CS(=O)(=O)N1CCC(N)CC1. The van der Waals surface area contributed by atoms with Gasteiger partial charge in [0, 0.05) is 56.4 Å². The molecule has 6 rings (SSSR count). The van der Waals surface area contributed by atoms with Crippen molar-refractivity contribution in [2.75, 3.05) is 75.4 Å². The van der Waals surface area contributed by atoms with Gasteiger partial charge in [0.25, 0.3) is 0 Å². The minimum Gasteiger partial charge on any atom is -0.496 e. The van der Waals surface area contributed by atoms with Gasteiger partial charge in [-0.3, -0.25) is 13.8 Å². The maximum Gasteiger partial charge on any atom is 0.224 e. The average molecular weight is 917 g/mol. The Morgan fingerprint density at radius 1 is 0.742 bits per heavy atom. The number of nitrogen functional groups attached to an aromatic ring is 2. The summed E-state index contributed by atoms with van der Waals surface area (Å²) in [6.07, 6.45) is 8.01. The van der Waals surface area contributed by atoms with Crippen LogP contribution in [0.2, 0.25) is 0 Å². The molecule has 0 spiro atoms. The van der Waals surface area contributed by atoms with E-state index in [1.54, 1.807) is 31.2 Å². The van der Waals surface area contributed by atoms with Gasteiger partial charge in [-0.1, -0.05) is 30.2 Å². The van der Waals surface area contributed by atoms with Gasteiger partial charge in [0.2, 0.25) is 42.7 Å². The highest BCUT2D eigenvalue weighted by molar-refractivity contribution is 7.88. The quantitative estimate of drug-likeness (QED) is 0.117. The molecule has 2 saturated heterocycles. The lowest BCUT2D eigenvalue weighted by Crippen LogP contribution is -2.42. The van der Waals surface area contributed by atoms with Crippen LogP contribution in [0.15, 0.2) is 53.9 Å². The number of aryl methyl sites for hydroxylation is 2. The first-order valence-corrected chi connectivity index (χ1v) is 24.6. The highest BCUT2D eigenvalue weighted by Crippen LogP contribution is 2.27. The minimum absolute atomic E-state index is 0.0142. The maximum absolute atomic E-state index is 12.9. The number of carbonyl (C=O) groups is 2. The summed E-state index contributed by atoms with van der Waals surface area (Å²) in [5.41, 5.74) is 20.5. The van der Waals surface area contributed by atoms with Crippen molar-refractivity contribution >= 4 is 60.0 Å². The highest BCUT2D eigenvalue weighted by atomic mass is 32.2. The van der Waals surface area contributed by atoms with Crippen LogP contribution in [0.4, 0.5) is 17.6 Å². The number of rotatable bonds is 12. The molecule has 2 aromatic carbocycles. The Hall–Kier alpha value is -5.13. The van der Waals surface area contributed by atoms with Gasteiger partial charge in [0.05, 0.1) is 59.8 Å². The number of hydrogen-bond donors (Lipinski definition) is 4. The fourth-order valence-electron chi connectivity index (χ4n) is 6.44. The summed E-state index contributed by atoms with van der Waals surface area (Å²) in [6, 6.07) is 10.8. The number of nitrogens with zero attached hydrogens (tertiary/aromatic N) is 6. The lowest BCUT2D eigenvalue weighted by atomic mass is 10.0. The van der Waals surface area contributed by atoms with Crippen molar-refractivity contribution in [3.05, 3.63) is 82.2 Å². The van der Waals surface area contributed by atoms with Gasteiger partial charge in [-0.2, -0.15) is 4.98 Å². The number of nitrogens with one attached hydrogen (secondary N) is 1. The summed E-state index contributed by atoms with van der Waals surface area (Å²) in [7, 11) is -4.46. The van der Waals surface area contributed by atoms with Crippen LogP contribution in [0.1, 0.15) is 75.6 Å². The van der Waals surface area contributed by atoms with Crippen molar-refractivity contribution in [2.45, 2.75) is 63.7 Å². The predicted octanol–water partition coefficient (Wildman–Crippen LogP) is 2.55. The standard InChI is InChI=1S/C19H25N5O4S.C15H17N3O3S.C6H14N2O2S/c1-12-4-5-16(28-2)14(10-12)17(25)15-11-21-19(23-18(15)20)22-13-6-8-24(9-7-13)29(3,26)27;1-4-22(20)15-17-8-11(14(16)18-15)13(19)10-7-9(2)5-6-12(10)21-3;1-11(9,10)8-4-2-6(7)3-5-8/h4-5,10-11,13H,6-9H2,1-3H3,(H3,20,21,22,23);5-8H,4H2,1-3H3,(H2,16,17,18);6H,2-5,7H2,1H3. The number of aromatic nitrogens is 4.